The van der Waals surface area contributed by atoms with Gasteiger partial charge >= 0.3 is 0 Å². The molecule has 3 rings (SSSR count). The van der Waals surface area contributed by atoms with Crippen LogP contribution in [0, 0.1) is 0 Å². The number of nitrogens with one attached hydrogen (secondary N) is 1. The second kappa shape index (κ2) is 8.08. The Balaban J connectivity index is 1.60. The second-order valence-electron chi connectivity index (χ2n) is 6.55. The van der Waals surface area contributed by atoms with E-state index in [4.69, 9.17) is 4.74 Å². The molecule has 0 aromatic heterocycles. The molecule has 2 aromatic rings. The smallest absolute Gasteiger partial charge is 0.251 e. The molecule has 1 heterocycles. The molecule has 1 amide bonds. The predicted molar refractivity (Wildman–Crippen MR) is 96.9 cm³/mol. The fourth-order valence-electron chi connectivity index (χ4n) is 3.11. The summed E-state index contributed by atoms with van der Waals surface area (Å²) in [5.41, 5.74) is 2.44. The van der Waals surface area contributed by atoms with Crippen LogP contribution in [0.5, 0.6) is 0 Å². The third kappa shape index (κ3) is 4.54. The number of rotatable bonds is 6. The van der Waals surface area contributed by atoms with Crippen molar-refractivity contribution < 1.29 is 14.3 Å². The minimum Gasteiger partial charge on any atom is -0.381 e. The van der Waals surface area contributed by atoms with Gasteiger partial charge in [-0.1, -0.05) is 42.5 Å². The Labute approximate surface area is 148 Å². The van der Waals surface area contributed by atoms with Crippen LogP contribution in [0.2, 0.25) is 0 Å². The maximum Gasteiger partial charge on any atom is 0.251 e. The number of hydrogen-bond acceptors (Lipinski definition) is 3. The topological polar surface area (TPSA) is 55.4 Å². The van der Waals surface area contributed by atoms with Gasteiger partial charge in [-0.2, -0.15) is 0 Å². The molecular weight excluding hydrogens is 314 g/mol. The number of hydrogen-bond donors (Lipinski definition) is 1. The van der Waals surface area contributed by atoms with Gasteiger partial charge in [0.25, 0.3) is 5.91 Å². The molecule has 4 nitrogen and oxygen atoms in total. The predicted octanol–water partition coefficient (Wildman–Crippen LogP) is 3.58. The molecule has 2 aromatic carbocycles. The molecule has 1 fully saturated rings. The van der Waals surface area contributed by atoms with Crippen LogP contribution in [-0.2, 0) is 4.74 Å². The minimum atomic E-state index is -0.223. The first-order valence-corrected chi connectivity index (χ1v) is 8.70. The quantitative estimate of drug-likeness (QED) is 0.820. The van der Waals surface area contributed by atoms with E-state index in [0.717, 1.165) is 18.6 Å². The third-order valence-corrected chi connectivity index (χ3v) is 4.51. The Morgan fingerprint density at radius 3 is 2.60 bits per heavy atom. The van der Waals surface area contributed by atoms with Gasteiger partial charge in [-0.3, -0.25) is 9.59 Å². The lowest BCUT2D eigenvalue weighted by Gasteiger charge is -2.15. The second-order valence-corrected chi connectivity index (χ2v) is 6.55. The number of Topliss-reactive ketones (excluding diaryl/α,β-unsaturated/α-hetero) is 1. The lowest BCUT2D eigenvalue weighted by molar-refractivity contribution is 0.0918. The highest BCUT2D eigenvalue weighted by Crippen LogP contribution is 2.25. The number of ketones is 1. The van der Waals surface area contributed by atoms with Gasteiger partial charge in [0.2, 0.25) is 0 Å². The summed E-state index contributed by atoms with van der Waals surface area (Å²) in [6.45, 7) is 3.35. The van der Waals surface area contributed by atoms with Crippen molar-refractivity contribution in [2.24, 2.45) is 0 Å². The molecule has 0 radical (unpaired) electrons. The van der Waals surface area contributed by atoms with Crippen molar-refractivity contribution in [3.63, 3.8) is 0 Å². The first-order valence-electron chi connectivity index (χ1n) is 8.70. The van der Waals surface area contributed by atoms with Crippen LogP contribution >= 0.6 is 0 Å². The van der Waals surface area contributed by atoms with Crippen LogP contribution in [0.4, 0.5) is 0 Å². The molecule has 0 bridgehead atoms. The maximum atomic E-state index is 12.5. The van der Waals surface area contributed by atoms with E-state index < -0.39 is 0 Å². The molecule has 4 heteroatoms. The zero-order valence-corrected chi connectivity index (χ0v) is 14.4. The first-order chi connectivity index (χ1) is 12.1. The Hall–Kier alpha value is -2.46. The van der Waals surface area contributed by atoms with Crippen LogP contribution in [0.1, 0.15) is 52.0 Å². The molecule has 1 aliphatic rings. The minimum absolute atomic E-state index is 0.0326. The van der Waals surface area contributed by atoms with Crippen LogP contribution in [0.15, 0.2) is 54.6 Å². The van der Waals surface area contributed by atoms with Gasteiger partial charge in [-0.15, -0.1) is 0 Å². The van der Waals surface area contributed by atoms with Gasteiger partial charge in [-0.25, -0.2) is 0 Å². The van der Waals surface area contributed by atoms with Crippen molar-refractivity contribution >= 4 is 11.7 Å². The molecule has 0 unspecified atom stereocenters. The molecule has 0 saturated carbocycles. The monoisotopic (exact) mass is 337 g/mol. The lowest BCUT2D eigenvalue weighted by atomic mass is 9.96. The van der Waals surface area contributed by atoms with Crippen molar-refractivity contribution in [2.75, 3.05) is 13.2 Å². The summed E-state index contributed by atoms with van der Waals surface area (Å²) >= 11 is 0. The van der Waals surface area contributed by atoms with Crippen LogP contribution in [0.3, 0.4) is 0 Å². The summed E-state index contributed by atoms with van der Waals surface area (Å²) in [4.78, 5) is 24.7. The first kappa shape index (κ1) is 17.4. The zero-order chi connectivity index (χ0) is 17.6. The molecule has 25 heavy (non-hydrogen) atoms. The zero-order valence-electron chi connectivity index (χ0n) is 14.4. The summed E-state index contributed by atoms with van der Waals surface area (Å²) < 4.78 is 5.42. The molecule has 1 N–H and O–H groups in total. The summed E-state index contributed by atoms with van der Waals surface area (Å²) in [5, 5.41) is 2.92. The number of benzene rings is 2. The Morgan fingerprint density at radius 1 is 1.12 bits per heavy atom. The molecule has 0 spiro atoms. The summed E-state index contributed by atoms with van der Waals surface area (Å²) in [7, 11) is 0. The summed E-state index contributed by atoms with van der Waals surface area (Å²) in [6.07, 6.45) is 1.28. The van der Waals surface area contributed by atoms with Crippen molar-refractivity contribution in [3.05, 3.63) is 71.3 Å². The molecular formula is C21H23NO3. The average Bonchev–Trinajstić information content (AvgIpc) is 3.17. The largest absolute Gasteiger partial charge is 0.381 e. The molecule has 130 valence electrons. The van der Waals surface area contributed by atoms with Crippen molar-refractivity contribution in [1.82, 2.24) is 5.32 Å². The number of ether oxygens (including phenoxy) is 1. The molecule has 0 aliphatic carbocycles. The van der Waals surface area contributed by atoms with Gasteiger partial charge in [0, 0.05) is 36.1 Å². The summed E-state index contributed by atoms with van der Waals surface area (Å²) in [6, 6.07) is 16.6. The van der Waals surface area contributed by atoms with Gasteiger partial charge in [0.15, 0.2) is 5.78 Å². The molecule has 1 saturated heterocycles. The highest BCUT2D eigenvalue weighted by molar-refractivity contribution is 5.98. The fraction of sp³-hybridized carbons (Fsp3) is 0.333. The van der Waals surface area contributed by atoms with E-state index in [0.29, 0.717) is 23.7 Å². The highest BCUT2D eigenvalue weighted by atomic mass is 16.5. The lowest BCUT2D eigenvalue weighted by Crippen LogP contribution is -2.34. The van der Waals surface area contributed by atoms with E-state index in [1.807, 2.05) is 43.3 Å². The number of carbonyl (C=O) groups is 2. The van der Waals surface area contributed by atoms with Gasteiger partial charge in [0.1, 0.15) is 0 Å². The Bertz CT molecular complexity index is 736. The van der Waals surface area contributed by atoms with Crippen LogP contribution in [0.25, 0.3) is 0 Å². The standard InChI is InChI=1S/C21H23NO3/c1-15(12-20(23)16-6-3-2-4-7-16)22-21(24)18-9-5-8-17(13-18)19-10-11-25-14-19/h2-9,13,15,19H,10-12,14H2,1H3,(H,22,24)/t15-,19-/m1/s1. The Kier molecular flexibility index (Phi) is 5.61. The van der Waals surface area contributed by atoms with Gasteiger partial charge in [-0.05, 0) is 31.0 Å². The Morgan fingerprint density at radius 2 is 1.88 bits per heavy atom. The average molecular weight is 337 g/mol. The number of carbonyl (C=O) groups excluding carboxylic acids is 2. The molecule has 2 atom stereocenters. The van der Waals surface area contributed by atoms with Crippen LogP contribution in [-0.4, -0.2) is 30.9 Å². The van der Waals surface area contributed by atoms with Crippen molar-refractivity contribution in [1.29, 1.82) is 0 Å². The SMILES string of the molecule is C[C@H](CC(=O)c1ccccc1)NC(=O)c1cccc([C@@H]2CCOC2)c1. The molecule has 1 aliphatic heterocycles. The third-order valence-electron chi connectivity index (χ3n) is 4.51. The summed E-state index contributed by atoms with van der Waals surface area (Å²) in [5.74, 6) is 0.254. The van der Waals surface area contributed by atoms with E-state index in [-0.39, 0.29) is 24.2 Å². The van der Waals surface area contributed by atoms with Gasteiger partial charge < -0.3 is 10.1 Å². The van der Waals surface area contributed by atoms with Crippen molar-refractivity contribution in [2.45, 2.75) is 31.7 Å². The maximum absolute atomic E-state index is 12.5. The van der Waals surface area contributed by atoms with E-state index >= 15 is 0 Å². The van der Waals surface area contributed by atoms with E-state index in [2.05, 4.69) is 5.32 Å². The fourth-order valence-corrected chi connectivity index (χ4v) is 3.11. The highest BCUT2D eigenvalue weighted by Gasteiger charge is 2.19. The van der Waals surface area contributed by atoms with Crippen molar-refractivity contribution in [3.8, 4) is 0 Å². The van der Waals surface area contributed by atoms with E-state index in [1.165, 1.54) is 0 Å². The number of amides is 1. The normalized spacial score (nSPS) is 17.9. The van der Waals surface area contributed by atoms with Crippen LogP contribution < -0.4 is 5.32 Å². The van der Waals surface area contributed by atoms with E-state index in [9.17, 15) is 9.59 Å². The van der Waals surface area contributed by atoms with E-state index in [1.54, 1.807) is 18.2 Å². The van der Waals surface area contributed by atoms with Gasteiger partial charge in [0.05, 0.1) is 6.61 Å².